The van der Waals surface area contributed by atoms with E-state index in [4.69, 9.17) is 28.2 Å². The van der Waals surface area contributed by atoms with E-state index in [1.807, 2.05) is 30.0 Å². The number of thioether (sulfide) groups is 1. The third-order valence-corrected chi connectivity index (χ3v) is 6.10. The van der Waals surface area contributed by atoms with Gasteiger partial charge >= 0.3 is 0 Å². The number of aliphatic imine (C=N–C) groups is 1. The standard InChI is InChI=1S/C17H22Cl2N2S.ClH/c18-14-8-7-13(16(19)11-14)12-22-17-20-9-4-10-21(17)15-5-2-1-3-6-15;/h7-8,11,15H,1-6,9-10,12H2;1H. The van der Waals surface area contributed by atoms with E-state index in [0.29, 0.717) is 11.1 Å². The first-order valence-electron chi connectivity index (χ1n) is 8.12. The van der Waals surface area contributed by atoms with Crippen LogP contribution >= 0.6 is 47.4 Å². The fourth-order valence-corrected chi connectivity index (χ4v) is 4.92. The van der Waals surface area contributed by atoms with Gasteiger partial charge in [0, 0.05) is 34.9 Å². The third kappa shape index (κ3) is 5.19. The maximum atomic E-state index is 6.28. The Kier molecular flexibility index (Phi) is 7.87. The first kappa shape index (κ1) is 19.2. The molecule has 0 aromatic heterocycles. The molecule has 3 rings (SSSR count). The number of benzene rings is 1. The largest absolute Gasteiger partial charge is 0.348 e. The molecule has 0 saturated heterocycles. The Morgan fingerprint density at radius 3 is 2.65 bits per heavy atom. The number of hydrogen-bond donors (Lipinski definition) is 0. The van der Waals surface area contributed by atoms with Crippen molar-refractivity contribution in [1.82, 2.24) is 4.90 Å². The molecule has 6 heteroatoms. The van der Waals surface area contributed by atoms with Crippen molar-refractivity contribution in [3.05, 3.63) is 33.8 Å². The van der Waals surface area contributed by atoms with E-state index >= 15 is 0 Å². The van der Waals surface area contributed by atoms with E-state index in [1.165, 1.54) is 43.7 Å². The lowest BCUT2D eigenvalue weighted by Gasteiger charge is -2.38. The average molecular weight is 394 g/mol. The summed E-state index contributed by atoms with van der Waals surface area (Å²) in [5.74, 6) is 0.859. The Bertz CT molecular complexity index is 545. The van der Waals surface area contributed by atoms with E-state index < -0.39 is 0 Å². The topological polar surface area (TPSA) is 15.6 Å². The fraction of sp³-hybridized carbons (Fsp3) is 0.588. The molecule has 2 nitrogen and oxygen atoms in total. The summed E-state index contributed by atoms with van der Waals surface area (Å²) in [6.45, 7) is 2.12. The molecule has 1 aromatic rings. The predicted molar refractivity (Wildman–Crippen MR) is 106 cm³/mol. The maximum absolute atomic E-state index is 6.28. The van der Waals surface area contributed by atoms with Crippen LogP contribution in [-0.2, 0) is 5.75 Å². The maximum Gasteiger partial charge on any atom is 0.159 e. The Balaban J connectivity index is 0.00000192. The van der Waals surface area contributed by atoms with Gasteiger partial charge in [-0.2, -0.15) is 0 Å². The van der Waals surface area contributed by atoms with Crippen LogP contribution in [0.25, 0.3) is 0 Å². The number of amidine groups is 1. The fourth-order valence-electron chi connectivity index (χ4n) is 3.24. The van der Waals surface area contributed by atoms with Crippen molar-refractivity contribution in [2.75, 3.05) is 13.1 Å². The normalized spacial score (nSPS) is 19.2. The first-order chi connectivity index (χ1) is 10.7. The van der Waals surface area contributed by atoms with Crippen LogP contribution in [0.4, 0.5) is 0 Å². The van der Waals surface area contributed by atoms with Crippen molar-refractivity contribution in [1.29, 1.82) is 0 Å². The number of halogens is 3. The molecule has 0 radical (unpaired) electrons. The van der Waals surface area contributed by atoms with E-state index in [2.05, 4.69) is 4.90 Å². The van der Waals surface area contributed by atoms with Crippen LogP contribution in [0.1, 0.15) is 44.1 Å². The predicted octanol–water partition coefficient (Wildman–Crippen LogP) is 6.04. The summed E-state index contributed by atoms with van der Waals surface area (Å²) < 4.78 is 0. The van der Waals surface area contributed by atoms with Gasteiger partial charge in [0.1, 0.15) is 0 Å². The molecule has 1 heterocycles. The van der Waals surface area contributed by atoms with Gasteiger partial charge in [-0.25, -0.2) is 0 Å². The molecule has 1 fully saturated rings. The van der Waals surface area contributed by atoms with Crippen molar-refractivity contribution in [3.8, 4) is 0 Å². The van der Waals surface area contributed by atoms with Crippen molar-refractivity contribution in [3.63, 3.8) is 0 Å². The quantitative estimate of drug-likeness (QED) is 0.621. The molecule has 0 amide bonds. The number of hydrogen-bond acceptors (Lipinski definition) is 3. The summed E-state index contributed by atoms with van der Waals surface area (Å²) in [5, 5.41) is 2.65. The molecule has 0 bridgehead atoms. The highest BCUT2D eigenvalue weighted by Gasteiger charge is 2.25. The second-order valence-electron chi connectivity index (χ2n) is 6.03. The lowest BCUT2D eigenvalue weighted by atomic mass is 9.94. The molecule has 1 aliphatic carbocycles. The van der Waals surface area contributed by atoms with Crippen LogP contribution in [0.15, 0.2) is 23.2 Å². The molecule has 1 aromatic carbocycles. The van der Waals surface area contributed by atoms with Gasteiger partial charge in [0.2, 0.25) is 0 Å². The minimum Gasteiger partial charge on any atom is -0.348 e. The highest BCUT2D eigenvalue weighted by Crippen LogP contribution is 2.30. The summed E-state index contributed by atoms with van der Waals surface area (Å²) in [7, 11) is 0. The second-order valence-corrected chi connectivity index (χ2v) is 7.81. The van der Waals surface area contributed by atoms with Gasteiger partial charge in [-0.15, -0.1) is 12.4 Å². The van der Waals surface area contributed by atoms with Crippen molar-refractivity contribution in [2.24, 2.45) is 4.99 Å². The zero-order valence-corrected chi connectivity index (χ0v) is 16.3. The van der Waals surface area contributed by atoms with Crippen LogP contribution in [0.5, 0.6) is 0 Å². The Labute approximate surface area is 159 Å². The summed E-state index contributed by atoms with van der Waals surface area (Å²) >= 11 is 14.1. The molecule has 1 aliphatic heterocycles. The molecule has 0 unspecified atom stereocenters. The molecule has 23 heavy (non-hydrogen) atoms. The van der Waals surface area contributed by atoms with Gasteiger partial charge < -0.3 is 4.90 Å². The first-order valence-corrected chi connectivity index (χ1v) is 9.86. The zero-order chi connectivity index (χ0) is 15.4. The molecule has 128 valence electrons. The second kappa shape index (κ2) is 9.41. The Morgan fingerprint density at radius 2 is 1.91 bits per heavy atom. The van der Waals surface area contributed by atoms with Crippen LogP contribution in [0, 0.1) is 0 Å². The summed E-state index contributed by atoms with van der Waals surface area (Å²) in [6.07, 6.45) is 7.94. The minimum absolute atomic E-state index is 0. The number of nitrogens with zero attached hydrogens (tertiary/aromatic N) is 2. The average Bonchev–Trinajstić information content (AvgIpc) is 2.55. The molecule has 0 spiro atoms. The van der Waals surface area contributed by atoms with Gasteiger partial charge in [-0.3, -0.25) is 4.99 Å². The summed E-state index contributed by atoms with van der Waals surface area (Å²) in [6, 6.07) is 6.44. The van der Waals surface area contributed by atoms with Gasteiger partial charge in [-0.05, 0) is 37.0 Å². The van der Waals surface area contributed by atoms with Gasteiger partial charge in [0.25, 0.3) is 0 Å². The molecule has 2 aliphatic rings. The molecule has 0 atom stereocenters. The molecular weight excluding hydrogens is 371 g/mol. The zero-order valence-electron chi connectivity index (χ0n) is 13.1. The van der Waals surface area contributed by atoms with Crippen molar-refractivity contribution < 1.29 is 0 Å². The monoisotopic (exact) mass is 392 g/mol. The van der Waals surface area contributed by atoms with Crippen LogP contribution in [0.3, 0.4) is 0 Å². The highest BCUT2D eigenvalue weighted by molar-refractivity contribution is 8.13. The minimum atomic E-state index is 0. The smallest absolute Gasteiger partial charge is 0.159 e. The summed E-state index contributed by atoms with van der Waals surface area (Å²) in [5.41, 5.74) is 1.13. The van der Waals surface area contributed by atoms with Gasteiger partial charge in [0.15, 0.2) is 5.17 Å². The van der Waals surface area contributed by atoms with E-state index in [0.717, 1.165) is 29.4 Å². The molecular formula is C17H23Cl3N2S. The number of rotatable bonds is 3. The van der Waals surface area contributed by atoms with E-state index in [1.54, 1.807) is 0 Å². The Morgan fingerprint density at radius 1 is 1.13 bits per heavy atom. The van der Waals surface area contributed by atoms with E-state index in [-0.39, 0.29) is 12.4 Å². The van der Waals surface area contributed by atoms with Crippen LogP contribution in [-0.4, -0.2) is 29.2 Å². The molecule has 0 N–H and O–H groups in total. The van der Waals surface area contributed by atoms with Crippen LogP contribution in [0.2, 0.25) is 10.0 Å². The lowest BCUT2D eigenvalue weighted by Crippen LogP contribution is -2.43. The van der Waals surface area contributed by atoms with Crippen molar-refractivity contribution in [2.45, 2.75) is 50.3 Å². The van der Waals surface area contributed by atoms with Crippen molar-refractivity contribution >= 4 is 52.5 Å². The Hall–Kier alpha value is -0.0900. The van der Waals surface area contributed by atoms with E-state index in [9.17, 15) is 0 Å². The summed E-state index contributed by atoms with van der Waals surface area (Å²) in [4.78, 5) is 7.34. The SMILES string of the molecule is Cl.Clc1ccc(CSC2=NCCCN2C2CCCCC2)c(Cl)c1. The third-order valence-electron chi connectivity index (χ3n) is 4.44. The molecule has 1 saturated carbocycles. The highest BCUT2D eigenvalue weighted by atomic mass is 35.5. The van der Waals surface area contributed by atoms with Crippen LogP contribution < -0.4 is 0 Å². The van der Waals surface area contributed by atoms with Gasteiger partial charge in [-0.1, -0.05) is 60.3 Å². The van der Waals surface area contributed by atoms with Gasteiger partial charge in [0.05, 0.1) is 0 Å². The lowest BCUT2D eigenvalue weighted by molar-refractivity contribution is 0.239.